The Morgan fingerprint density at radius 1 is 0.958 bits per heavy atom. The van der Waals surface area contributed by atoms with Gasteiger partial charge in [0, 0.05) is 5.56 Å². The molecule has 0 spiro atoms. The van der Waals surface area contributed by atoms with Crippen molar-refractivity contribution in [3.8, 4) is 17.2 Å². The summed E-state index contributed by atoms with van der Waals surface area (Å²) in [6, 6.07) is 11.5. The van der Waals surface area contributed by atoms with E-state index in [1.54, 1.807) is 6.07 Å². The largest absolute Gasteiger partial charge is 0.490 e. The number of ether oxygens (including phenoxy) is 3. The number of hydrogen-bond donors (Lipinski definition) is 1. The van der Waals surface area contributed by atoms with Crippen molar-refractivity contribution in [1.82, 2.24) is 0 Å². The Kier molecular flexibility index (Phi) is 6.44. The van der Waals surface area contributed by atoms with E-state index in [2.05, 4.69) is 0 Å². The standard InChI is InChI=1S/C19H23NO3S/c1-4-21-17-12-15(19(20)24)8-9-16(17)22-10-11-23-18-13(2)6-5-7-14(18)3/h5-9,12H,4,10-11H2,1-3H3,(H2,20,24). The second-order valence-electron chi connectivity index (χ2n) is 5.38. The van der Waals surface area contributed by atoms with E-state index < -0.39 is 0 Å². The lowest BCUT2D eigenvalue weighted by Crippen LogP contribution is -2.12. The summed E-state index contributed by atoms with van der Waals surface area (Å²) in [7, 11) is 0. The summed E-state index contributed by atoms with van der Waals surface area (Å²) in [5.41, 5.74) is 8.65. The van der Waals surface area contributed by atoms with E-state index in [9.17, 15) is 0 Å². The summed E-state index contributed by atoms with van der Waals surface area (Å²) in [5.74, 6) is 2.20. The summed E-state index contributed by atoms with van der Waals surface area (Å²) in [6.07, 6.45) is 0. The molecular formula is C19H23NO3S. The van der Waals surface area contributed by atoms with Gasteiger partial charge in [0.2, 0.25) is 0 Å². The molecule has 0 saturated carbocycles. The van der Waals surface area contributed by atoms with E-state index in [0.717, 1.165) is 22.4 Å². The number of thiocarbonyl (C=S) groups is 1. The van der Waals surface area contributed by atoms with Crippen molar-refractivity contribution < 1.29 is 14.2 Å². The molecule has 0 heterocycles. The minimum Gasteiger partial charge on any atom is -0.490 e. The molecule has 24 heavy (non-hydrogen) atoms. The first-order chi connectivity index (χ1) is 11.5. The lowest BCUT2D eigenvalue weighted by Gasteiger charge is -2.15. The summed E-state index contributed by atoms with van der Waals surface area (Å²) >= 11 is 5.00. The lowest BCUT2D eigenvalue weighted by molar-refractivity contribution is 0.207. The van der Waals surface area contributed by atoms with Crippen LogP contribution in [0.2, 0.25) is 0 Å². The van der Waals surface area contributed by atoms with Gasteiger partial charge in [0.15, 0.2) is 11.5 Å². The molecule has 2 N–H and O–H groups in total. The second kappa shape index (κ2) is 8.55. The van der Waals surface area contributed by atoms with E-state index >= 15 is 0 Å². The summed E-state index contributed by atoms with van der Waals surface area (Å²) in [4.78, 5) is 0.334. The molecule has 0 saturated heterocycles. The Hall–Kier alpha value is -2.27. The maximum atomic E-state index is 5.84. The van der Waals surface area contributed by atoms with Crippen LogP contribution in [0.3, 0.4) is 0 Å². The molecule has 0 unspecified atom stereocenters. The first kappa shape index (κ1) is 18.1. The zero-order chi connectivity index (χ0) is 17.5. The van der Waals surface area contributed by atoms with E-state index in [1.165, 1.54) is 0 Å². The van der Waals surface area contributed by atoms with E-state index in [0.29, 0.717) is 36.3 Å². The highest BCUT2D eigenvalue weighted by Crippen LogP contribution is 2.28. The van der Waals surface area contributed by atoms with Gasteiger partial charge in [-0.3, -0.25) is 0 Å². The van der Waals surface area contributed by atoms with Crippen LogP contribution in [0.15, 0.2) is 36.4 Å². The molecular weight excluding hydrogens is 322 g/mol. The third kappa shape index (κ3) is 4.61. The first-order valence-corrected chi connectivity index (χ1v) is 8.32. The lowest BCUT2D eigenvalue weighted by atomic mass is 10.1. The Labute approximate surface area is 148 Å². The number of aryl methyl sites for hydroxylation is 2. The molecule has 0 amide bonds. The average Bonchev–Trinajstić information content (AvgIpc) is 2.55. The topological polar surface area (TPSA) is 53.7 Å². The van der Waals surface area contributed by atoms with Gasteiger partial charge in [-0.25, -0.2) is 0 Å². The zero-order valence-corrected chi connectivity index (χ0v) is 15.1. The van der Waals surface area contributed by atoms with Crippen LogP contribution in [0.25, 0.3) is 0 Å². The van der Waals surface area contributed by atoms with Crippen LogP contribution in [0.5, 0.6) is 17.2 Å². The minimum atomic E-state index is 0.334. The molecule has 0 radical (unpaired) electrons. The average molecular weight is 345 g/mol. The van der Waals surface area contributed by atoms with Gasteiger partial charge in [-0.1, -0.05) is 30.4 Å². The summed E-state index contributed by atoms with van der Waals surface area (Å²) in [6.45, 7) is 7.39. The van der Waals surface area contributed by atoms with Gasteiger partial charge in [-0.2, -0.15) is 0 Å². The Bertz CT molecular complexity index is 696. The third-order valence-corrected chi connectivity index (χ3v) is 3.76. The minimum absolute atomic E-state index is 0.334. The van der Waals surface area contributed by atoms with Crippen LogP contribution in [-0.4, -0.2) is 24.8 Å². The molecule has 0 atom stereocenters. The van der Waals surface area contributed by atoms with Gasteiger partial charge >= 0.3 is 0 Å². The maximum absolute atomic E-state index is 5.84. The van der Waals surface area contributed by atoms with Crippen LogP contribution in [0, 0.1) is 13.8 Å². The SMILES string of the molecule is CCOc1cc(C(N)=S)ccc1OCCOc1c(C)cccc1C. The van der Waals surface area contributed by atoms with Crippen LogP contribution < -0.4 is 19.9 Å². The van der Waals surface area contributed by atoms with Crippen molar-refractivity contribution in [2.75, 3.05) is 19.8 Å². The molecule has 0 aromatic heterocycles. The number of benzene rings is 2. The number of hydrogen-bond acceptors (Lipinski definition) is 4. The fourth-order valence-electron chi connectivity index (χ4n) is 2.37. The normalized spacial score (nSPS) is 10.3. The van der Waals surface area contributed by atoms with Crippen molar-refractivity contribution >= 4 is 17.2 Å². The quantitative estimate of drug-likeness (QED) is 0.583. The molecule has 0 bridgehead atoms. The van der Waals surface area contributed by atoms with Gasteiger partial charge in [0.25, 0.3) is 0 Å². The summed E-state index contributed by atoms with van der Waals surface area (Å²) < 4.78 is 17.2. The molecule has 128 valence electrons. The van der Waals surface area contributed by atoms with E-state index in [-0.39, 0.29) is 0 Å². The van der Waals surface area contributed by atoms with Crippen LogP contribution in [0.4, 0.5) is 0 Å². The van der Waals surface area contributed by atoms with E-state index in [1.807, 2.05) is 51.1 Å². The van der Waals surface area contributed by atoms with Gasteiger partial charge < -0.3 is 19.9 Å². The second-order valence-corrected chi connectivity index (χ2v) is 5.82. The number of nitrogens with two attached hydrogens (primary N) is 1. The fourth-order valence-corrected chi connectivity index (χ4v) is 2.50. The van der Waals surface area contributed by atoms with Crippen molar-refractivity contribution in [1.29, 1.82) is 0 Å². The highest BCUT2D eigenvalue weighted by atomic mass is 32.1. The molecule has 0 fully saturated rings. The smallest absolute Gasteiger partial charge is 0.161 e. The molecule has 4 nitrogen and oxygen atoms in total. The van der Waals surface area contributed by atoms with Crippen molar-refractivity contribution in [2.24, 2.45) is 5.73 Å². The van der Waals surface area contributed by atoms with Crippen LogP contribution >= 0.6 is 12.2 Å². The molecule has 0 aliphatic carbocycles. The molecule has 2 aromatic rings. The molecule has 2 rings (SSSR count). The molecule has 0 aliphatic heterocycles. The van der Waals surface area contributed by atoms with Crippen molar-refractivity contribution in [3.05, 3.63) is 53.1 Å². The third-order valence-electron chi connectivity index (χ3n) is 3.52. The Balaban J connectivity index is 1.97. The fraction of sp³-hybridized carbons (Fsp3) is 0.316. The van der Waals surface area contributed by atoms with Crippen LogP contribution in [0.1, 0.15) is 23.6 Å². The molecule has 2 aromatic carbocycles. The Morgan fingerprint density at radius 3 is 2.25 bits per heavy atom. The first-order valence-electron chi connectivity index (χ1n) is 7.91. The van der Waals surface area contributed by atoms with E-state index in [4.69, 9.17) is 32.2 Å². The van der Waals surface area contributed by atoms with Gasteiger partial charge in [-0.05, 0) is 50.1 Å². The highest BCUT2D eigenvalue weighted by Gasteiger charge is 2.09. The monoisotopic (exact) mass is 345 g/mol. The number of rotatable bonds is 8. The predicted octanol–water partition coefficient (Wildman–Crippen LogP) is 3.79. The van der Waals surface area contributed by atoms with Crippen molar-refractivity contribution in [2.45, 2.75) is 20.8 Å². The van der Waals surface area contributed by atoms with Gasteiger partial charge in [-0.15, -0.1) is 0 Å². The van der Waals surface area contributed by atoms with Gasteiger partial charge in [0.05, 0.1) is 6.61 Å². The maximum Gasteiger partial charge on any atom is 0.161 e. The zero-order valence-electron chi connectivity index (χ0n) is 14.3. The number of para-hydroxylation sites is 1. The molecule has 5 heteroatoms. The van der Waals surface area contributed by atoms with Crippen molar-refractivity contribution in [3.63, 3.8) is 0 Å². The molecule has 0 aliphatic rings. The Morgan fingerprint density at radius 2 is 1.62 bits per heavy atom. The predicted molar refractivity (Wildman–Crippen MR) is 100 cm³/mol. The highest BCUT2D eigenvalue weighted by molar-refractivity contribution is 7.80. The van der Waals surface area contributed by atoms with Crippen LogP contribution in [-0.2, 0) is 0 Å². The van der Waals surface area contributed by atoms with Gasteiger partial charge in [0.1, 0.15) is 24.0 Å². The summed E-state index contributed by atoms with van der Waals surface area (Å²) in [5, 5.41) is 0.